The smallest absolute Gasteiger partial charge is 0.377 e. The molecule has 3 N–H and O–H groups in total. The van der Waals surface area contributed by atoms with Crippen LogP contribution in [0.25, 0.3) is 0 Å². The molecule has 1 rings (SSSR count). The minimum atomic E-state index is -3.94. The summed E-state index contributed by atoms with van der Waals surface area (Å²) in [5.41, 5.74) is 5.11. The van der Waals surface area contributed by atoms with Crippen molar-refractivity contribution in [3.63, 3.8) is 0 Å². The van der Waals surface area contributed by atoms with Crippen LogP contribution in [-0.2, 0) is 36.5 Å². The van der Waals surface area contributed by atoms with Gasteiger partial charge in [0.25, 0.3) is 0 Å². The van der Waals surface area contributed by atoms with Gasteiger partial charge in [-0.05, 0) is 49.4 Å². The molecule has 0 saturated carbocycles. The minimum absolute atomic E-state index is 0. The first kappa shape index (κ1) is 21.8. The van der Waals surface area contributed by atoms with E-state index in [0.717, 1.165) is 34.9 Å². The fourth-order valence-electron chi connectivity index (χ4n) is 2.02. The summed E-state index contributed by atoms with van der Waals surface area (Å²) in [6, 6.07) is 3.83. The second kappa shape index (κ2) is 9.79. The molecule has 0 aliphatic heterocycles. The van der Waals surface area contributed by atoms with Gasteiger partial charge in [-0.1, -0.05) is 24.3 Å². The molecule has 0 aliphatic rings. The number of benzene rings is 1. The van der Waals surface area contributed by atoms with Crippen molar-refractivity contribution in [3.05, 3.63) is 46.5 Å². The average Bonchev–Trinajstić information content (AvgIpc) is 2.46. The maximum Gasteiger partial charge on any atom is 0.399 e. The van der Waals surface area contributed by atoms with E-state index in [9.17, 15) is 8.42 Å². The Labute approximate surface area is 139 Å². The van der Waals surface area contributed by atoms with Gasteiger partial charge < -0.3 is 10.9 Å². The van der Waals surface area contributed by atoms with Crippen LogP contribution in [0.2, 0.25) is 0 Å². The summed E-state index contributed by atoms with van der Waals surface area (Å²) in [6.07, 6.45) is 0.687. The third kappa shape index (κ3) is 7.24. The molecule has 0 saturated heterocycles. The fraction of sp³-hybridized carbons (Fsp3) is 0.500. The van der Waals surface area contributed by atoms with E-state index in [4.69, 9.17) is 8.92 Å². The lowest BCUT2D eigenvalue weighted by molar-refractivity contribution is 0.159. The van der Waals surface area contributed by atoms with E-state index in [1.807, 2.05) is 32.9 Å². The van der Waals surface area contributed by atoms with Gasteiger partial charge in [0.05, 0.1) is 26.9 Å². The summed E-state index contributed by atoms with van der Waals surface area (Å²) in [5.74, 6) is 0. The second-order valence-electron chi connectivity index (χ2n) is 5.24. The van der Waals surface area contributed by atoms with E-state index in [2.05, 4.69) is 10.8 Å². The molecule has 7 heteroatoms. The van der Waals surface area contributed by atoms with Gasteiger partial charge in [0.2, 0.25) is 0 Å². The molecule has 0 heterocycles. The van der Waals surface area contributed by atoms with Crippen LogP contribution in [0.5, 0.6) is 0 Å². The normalized spacial score (nSPS) is 11.1. The van der Waals surface area contributed by atoms with Crippen LogP contribution in [0.15, 0.2) is 24.3 Å². The number of ether oxygens (including phenoxy) is 1. The Morgan fingerprint density at radius 1 is 1.26 bits per heavy atom. The minimum Gasteiger partial charge on any atom is -0.377 e. The van der Waals surface area contributed by atoms with Crippen molar-refractivity contribution in [3.8, 4) is 0 Å². The third-order valence-corrected chi connectivity index (χ3v) is 4.19. The Bertz CT molecular complexity index is 626. The van der Waals surface area contributed by atoms with Gasteiger partial charge in [-0.25, -0.2) is 4.18 Å². The molecular formula is C16H27NO5S. The molecule has 1 aromatic rings. The quantitative estimate of drug-likeness (QED) is 0.546. The maximum atomic E-state index is 11.3. The maximum absolute atomic E-state index is 11.3. The first-order chi connectivity index (χ1) is 10.3. The van der Waals surface area contributed by atoms with Gasteiger partial charge in [0.1, 0.15) is 0 Å². The summed E-state index contributed by atoms with van der Waals surface area (Å²) in [4.78, 5) is 0. The van der Waals surface area contributed by atoms with Gasteiger partial charge in [0.15, 0.2) is 0 Å². The zero-order chi connectivity index (χ0) is 16.8. The molecule has 0 radical (unpaired) electrons. The molecule has 0 fully saturated rings. The topological polar surface area (TPSA) is 96.8 Å². The largest absolute Gasteiger partial charge is 0.399 e. The SMILES string of the molecule is C=C(C)COCCc1c(COS(=O)(=O)OC)ccc(C)c1C.N. The standard InChI is InChI=1S/C16H24O5S.H3N/c1-12(2)10-20-9-8-16-14(4)13(3)6-7-15(16)11-21-22(17,18)19-5;/h6-7H,1,8-11H2,2-5H3;1H3. The van der Waals surface area contributed by atoms with Crippen LogP contribution in [-0.4, -0.2) is 28.7 Å². The summed E-state index contributed by atoms with van der Waals surface area (Å²) < 4.78 is 37.3. The molecule has 0 spiro atoms. The molecule has 0 amide bonds. The lowest BCUT2D eigenvalue weighted by Gasteiger charge is -2.15. The molecule has 0 aliphatic carbocycles. The van der Waals surface area contributed by atoms with Crippen LogP contribution >= 0.6 is 0 Å². The van der Waals surface area contributed by atoms with E-state index in [1.54, 1.807) is 0 Å². The zero-order valence-corrected chi connectivity index (χ0v) is 15.2. The van der Waals surface area contributed by atoms with Crippen LogP contribution in [0, 0.1) is 13.8 Å². The summed E-state index contributed by atoms with van der Waals surface area (Å²) in [7, 11) is -2.87. The Morgan fingerprint density at radius 2 is 1.91 bits per heavy atom. The third-order valence-electron chi connectivity index (χ3n) is 3.37. The molecule has 0 aromatic heterocycles. The predicted octanol–water partition coefficient (Wildman–Crippen LogP) is 3.01. The van der Waals surface area contributed by atoms with Gasteiger partial charge in [-0.15, -0.1) is 0 Å². The highest BCUT2D eigenvalue weighted by molar-refractivity contribution is 7.81. The Hall–Kier alpha value is -1.25. The average molecular weight is 345 g/mol. The predicted molar refractivity (Wildman–Crippen MR) is 91.0 cm³/mol. The van der Waals surface area contributed by atoms with Crippen LogP contribution in [0.3, 0.4) is 0 Å². The van der Waals surface area contributed by atoms with Crippen LogP contribution in [0.4, 0.5) is 0 Å². The van der Waals surface area contributed by atoms with Crippen molar-refractivity contribution in [1.82, 2.24) is 6.15 Å². The molecule has 6 nitrogen and oxygen atoms in total. The number of aryl methyl sites for hydroxylation is 1. The van der Waals surface area contributed by atoms with Crippen molar-refractivity contribution in [2.45, 2.75) is 33.8 Å². The highest BCUT2D eigenvalue weighted by Crippen LogP contribution is 2.20. The molecule has 0 atom stereocenters. The molecule has 0 unspecified atom stereocenters. The Kier molecular flexibility index (Phi) is 9.26. The lowest BCUT2D eigenvalue weighted by atomic mass is 9.96. The molecule has 23 heavy (non-hydrogen) atoms. The number of hydrogen-bond donors (Lipinski definition) is 1. The van der Waals surface area contributed by atoms with Gasteiger partial charge in [-0.2, -0.15) is 8.42 Å². The van der Waals surface area contributed by atoms with E-state index in [1.165, 1.54) is 0 Å². The van der Waals surface area contributed by atoms with E-state index >= 15 is 0 Å². The molecule has 132 valence electrons. The summed E-state index contributed by atoms with van der Waals surface area (Å²) in [5, 5.41) is 0. The monoisotopic (exact) mass is 345 g/mol. The van der Waals surface area contributed by atoms with Gasteiger partial charge >= 0.3 is 10.4 Å². The highest BCUT2D eigenvalue weighted by atomic mass is 32.3. The van der Waals surface area contributed by atoms with Crippen molar-refractivity contribution in [1.29, 1.82) is 0 Å². The summed E-state index contributed by atoms with van der Waals surface area (Å²) in [6.45, 7) is 10.7. The molecular weight excluding hydrogens is 318 g/mol. The summed E-state index contributed by atoms with van der Waals surface area (Å²) >= 11 is 0. The van der Waals surface area contributed by atoms with Crippen molar-refractivity contribution in [2.75, 3.05) is 20.3 Å². The van der Waals surface area contributed by atoms with E-state index in [-0.39, 0.29) is 12.8 Å². The Balaban J connectivity index is 0.00000484. The van der Waals surface area contributed by atoms with Crippen molar-refractivity contribution >= 4 is 10.4 Å². The molecule has 1 aromatic carbocycles. The van der Waals surface area contributed by atoms with Crippen LogP contribution in [0.1, 0.15) is 29.2 Å². The zero-order valence-electron chi connectivity index (χ0n) is 14.3. The van der Waals surface area contributed by atoms with Crippen LogP contribution < -0.4 is 6.15 Å². The first-order valence-electron chi connectivity index (χ1n) is 7.02. The number of hydrogen-bond acceptors (Lipinski definition) is 6. The second-order valence-corrected chi connectivity index (χ2v) is 6.63. The molecule has 0 bridgehead atoms. The first-order valence-corrected chi connectivity index (χ1v) is 8.35. The van der Waals surface area contributed by atoms with Crippen molar-refractivity contribution < 1.29 is 21.5 Å². The van der Waals surface area contributed by atoms with Gasteiger partial charge in [0, 0.05) is 0 Å². The van der Waals surface area contributed by atoms with Crippen molar-refractivity contribution in [2.24, 2.45) is 0 Å². The highest BCUT2D eigenvalue weighted by Gasteiger charge is 2.13. The number of rotatable bonds is 9. The van der Waals surface area contributed by atoms with E-state index in [0.29, 0.717) is 19.6 Å². The Morgan fingerprint density at radius 3 is 2.48 bits per heavy atom. The van der Waals surface area contributed by atoms with E-state index < -0.39 is 10.4 Å². The lowest BCUT2D eigenvalue weighted by Crippen LogP contribution is -2.11. The fourth-order valence-corrected chi connectivity index (χ4v) is 2.39. The van der Waals surface area contributed by atoms with Gasteiger partial charge in [-0.3, -0.25) is 4.18 Å².